The monoisotopic (exact) mass is 303 g/mol. The quantitative estimate of drug-likeness (QED) is 0.738. The fourth-order valence-electron chi connectivity index (χ4n) is 3.55. The van der Waals surface area contributed by atoms with Crippen molar-refractivity contribution in [3.05, 3.63) is 59.7 Å². The van der Waals surface area contributed by atoms with Crippen LogP contribution in [0.4, 0.5) is 0 Å². The van der Waals surface area contributed by atoms with Crippen LogP contribution in [0.2, 0.25) is 0 Å². The summed E-state index contributed by atoms with van der Waals surface area (Å²) in [6.07, 6.45) is 6.51. The van der Waals surface area contributed by atoms with Crippen molar-refractivity contribution in [2.45, 2.75) is 38.0 Å². The molecule has 0 aliphatic heterocycles. The number of carbonyl (C=O) groups is 1. The van der Waals surface area contributed by atoms with Crippen molar-refractivity contribution in [1.29, 1.82) is 5.26 Å². The summed E-state index contributed by atoms with van der Waals surface area (Å²) in [5.41, 5.74) is 4.43. The van der Waals surface area contributed by atoms with Gasteiger partial charge in [0.15, 0.2) is 0 Å². The molecule has 1 aliphatic rings. The molecule has 23 heavy (non-hydrogen) atoms. The van der Waals surface area contributed by atoms with Crippen molar-refractivity contribution in [1.82, 2.24) is 0 Å². The highest BCUT2D eigenvalue weighted by Gasteiger charge is 2.21. The van der Waals surface area contributed by atoms with Crippen LogP contribution in [0.15, 0.2) is 48.5 Å². The molecular formula is C21H21NO. The number of nitriles is 1. The van der Waals surface area contributed by atoms with Crippen LogP contribution in [0.5, 0.6) is 0 Å². The topological polar surface area (TPSA) is 40.9 Å². The summed E-state index contributed by atoms with van der Waals surface area (Å²) in [5, 5.41) is 8.86. The third kappa shape index (κ3) is 3.68. The first kappa shape index (κ1) is 15.5. The molecule has 3 rings (SSSR count). The molecule has 1 aliphatic carbocycles. The molecule has 0 saturated heterocycles. The van der Waals surface area contributed by atoms with E-state index in [-0.39, 0.29) is 0 Å². The molecule has 2 heteroatoms. The standard InChI is InChI=1S/C21H21NO/c22-15-17-3-7-19(8-4-17)21-11-9-20(10-12-21)18-5-1-16(2-6-18)13-14-23/h3-4,7-12,14,16,18H,1-2,5-6,13H2/t16-,18-. The van der Waals surface area contributed by atoms with Gasteiger partial charge in [0.2, 0.25) is 0 Å². The molecule has 0 heterocycles. The summed E-state index contributed by atoms with van der Waals surface area (Å²) >= 11 is 0. The molecule has 0 spiro atoms. The van der Waals surface area contributed by atoms with E-state index >= 15 is 0 Å². The third-order valence-corrected chi connectivity index (χ3v) is 5.01. The molecule has 116 valence electrons. The van der Waals surface area contributed by atoms with Gasteiger partial charge in [-0.25, -0.2) is 0 Å². The van der Waals surface area contributed by atoms with E-state index in [2.05, 4.69) is 30.3 Å². The molecule has 0 amide bonds. The van der Waals surface area contributed by atoms with Crippen LogP contribution in [-0.4, -0.2) is 6.29 Å². The molecular weight excluding hydrogens is 282 g/mol. The maximum absolute atomic E-state index is 10.6. The summed E-state index contributed by atoms with van der Waals surface area (Å²) in [6.45, 7) is 0. The predicted molar refractivity (Wildman–Crippen MR) is 92.0 cm³/mol. The summed E-state index contributed by atoms with van der Waals surface area (Å²) in [7, 11) is 0. The summed E-state index contributed by atoms with van der Waals surface area (Å²) < 4.78 is 0. The van der Waals surface area contributed by atoms with Gasteiger partial charge in [0.1, 0.15) is 6.29 Å². The van der Waals surface area contributed by atoms with Crippen LogP contribution in [0.1, 0.15) is 49.1 Å². The first-order valence-corrected chi connectivity index (χ1v) is 8.34. The predicted octanol–water partition coefficient (Wildman–Crippen LogP) is 5.09. The van der Waals surface area contributed by atoms with Gasteiger partial charge in [-0.3, -0.25) is 0 Å². The van der Waals surface area contributed by atoms with Gasteiger partial charge < -0.3 is 4.79 Å². The maximum atomic E-state index is 10.6. The average molecular weight is 303 g/mol. The Morgan fingerprint density at radius 3 is 2.00 bits per heavy atom. The summed E-state index contributed by atoms with van der Waals surface area (Å²) in [5.74, 6) is 1.23. The number of hydrogen-bond donors (Lipinski definition) is 0. The van der Waals surface area contributed by atoms with Crippen LogP contribution < -0.4 is 0 Å². The Morgan fingerprint density at radius 2 is 1.48 bits per heavy atom. The Morgan fingerprint density at radius 1 is 0.913 bits per heavy atom. The van der Waals surface area contributed by atoms with E-state index in [0.29, 0.717) is 17.4 Å². The zero-order chi connectivity index (χ0) is 16.1. The zero-order valence-corrected chi connectivity index (χ0v) is 13.2. The smallest absolute Gasteiger partial charge is 0.120 e. The van der Waals surface area contributed by atoms with Crippen LogP contribution in [-0.2, 0) is 4.79 Å². The Hall–Kier alpha value is -2.40. The molecule has 0 aromatic heterocycles. The minimum absolute atomic E-state index is 0.599. The molecule has 1 fully saturated rings. The first-order valence-electron chi connectivity index (χ1n) is 8.34. The second-order valence-electron chi connectivity index (χ2n) is 6.43. The van der Waals surface area contributed by atoms with Crippen LogP contribution >= 0.6 is 0 Å². The van der Waals surface area contributed by atoms with Crippen molar-refractivity contribution < 1.29 is 4.79 Å². The van der Waals surface area contributed by atoms with Gasteiger partial charge in [-0.2, -0.15) is 5.26 Å². The molecule has 0 N–H and O–H groups in total. The molecule has 1 saturated carbocycles. The lowest BCUT2D eigenvalue weighted by Gasteiger charge is -2.27. The second-order valence-corrected chi connectivity index (χ2v) is 6.43. The van der Waals surface area contributed by atoms with Gasteiger partial charge in [0.25, 0.3) is 0 Å². The lowest BCUT2D eigenvalue weighted by Crippen LogP contribution is -2.13. The van der Waals surface area contributed by atoms with E-state index in [4.69, 9.17) is 5.26 Å². The van der Waals surface area contributed by atoms with Crippen LogP contribution in [0.25, 0.3) is 11.1 Å². The van der Waals surface area contributed by atoms with Gasteiger partial charge in [-0.1, -0.05) is 36.4 Å². The number of benzene rings is 2. The van der Waals surface area contributed by atoms with Gasteiger partial charge in [0, 0.05) is 6.42 Å². The van der Waals surface area contributed by atoms with Gasteiger partial charge >= 0.3 is 0 Å². The molecule has 0 unspecified atom stereocenters. The summed E-state index contributed by atoms with van der Waals surface area (Å²) in [4.78, 5) is 10.6. The maximum Gasteiger partial charge on any atom is 0.120 e. The van der Waals surface area contributed by atoms with E-state index in [1.54, 1.807) is 0 Å². The van der Waals surface area contributed by atoms with Gasteiger partial charge in [0.05, 0.1) is 11.6 Å². The lowest BCUT2D eigenvalue weighted by molar-refractivity contribution is -0.108. The normalized spacial score (nSPS) is 20.7. The zero-order valence-electron chi connectivity index (χ0n) is 13.2. The molecule has 2 aromatic rings. The Bertz CT molecular complexity index is 686. The highest BCUT2D eigenvalue weighted by molar-refractivity contribution is 5.64. The minimum atomic E-state index is 0.599. The number of aldehydes is 1. The van der Waals surface area contributed by atoms with E-state index < -0.39 is 0 Å². The summed E-state index contributed by atoms with van der Waals surface area (Å²) in [6, 6.07) is 18.7. The van der Waals surface area contributed by atoms with Crippen molar-refractivity contribution in [3.8, 4) is 17.2 Å². The molecule has 0 radical (unpaired) electrons. The van der Waals surface area contributed by atoms with Crippen molar-refractivity contribution >= 4 is 6.29 Å². The van der Waals surface area contributed by atoms with E-state index in [0.717, 1.165) is 18.3 Å². The fourth-order valence-corrected chi connectivity index (χ4v) is 3.55. The fraction of sp³-hybridized carbons (Fsp3) is 0.333. The number of carbonyl (C=O) groups excluding carboxylic acids is 1. The minimum Gasteiger partial charge on any atom is -0.303 e. The molecule has 0 atom stereocenters. The number of nitrogens with zero attached hydrogens (tertiary/aromatic N) is 1. The average Bonchev–Trinajstić information content (AvgIpc) is 2.63. The molecule has 0 bridgehead atoms. The van der Waals surface area contributed by atoms with Crippen molar-refractivity contribution in [2.75, 3.05) is 0 Å². The van der Waals surface area contributed by atoms with Gasteiger partial charge in [-0.05, 0) is 66.3 Å². The number of hydrogen-bond acceptors (Lipinski definition) is 2. The number of rotatable bonds is 4. The molecule has 2 aromatic carbocycles. The second kappa shape index (κ2) is 7.24. The SMILES string of the molecule is N#Cc1ccc(-c2ccc([C@H]3CC[C@H](CC=O)CC3)cc2)cc1. The Kier molecular flexibility index (Phi) is 4.88. The third-order valence-electron chi connectivity index (χ3n) is 5.01. The van der Waals surface area contributed by atoms with Gasteiger partial charge in [-0.15, -0.1) is 0 Å². The van der Waals surface area contributed by atoms with Crippen molar-refractivity contribution in [3.63, 3.8) is 0 Å². The highest BCUT2D eigenvalue weighted by atomic mass is 16.1. The Labute approximate surface area is 137 Å². The lowest BCUT2D eigenvalue weighted by atomic mass is 9.77. The van der Waals surface area contributed by atoms with Crippen LogP contribution in [0.3, 0.4) is 0 Å². The van der Waals surface area contributed by atoms with E-state index in [9.17, 15) is 4.79 Å². The van der Waals surface area contributed by atoms with Crippen LogP contribution in [0, 0.1) is 17.2 Å². The Balaban J connectivity index is 1.67. The van der Waals surface area contributed by atoms with Crippen molar-refractivity contribution in [2.24, 2.45) is 5.92 Å². The first-order chi connectivity index (χ1) is 11.3. The van der Waals surface area contributed by atoms with E-state index in [1.807, 2.05) is 24.3 Å². The highest BCUT2D eigenvalue weighted by Crippen LogP contribution is 2.37. The largest absolute Gasteiger partial charge is 0.303 e. The molecule has 2 nitrogen and oxygen atoms in total. The van der Waals surface area contributed by atoms with E-state index in [1.165, 1.54) is 36.8 Å².